The molecule has 0 aromatic carbocycles. The fraction of sp³-hybridized carbons (Fsp3) is 0.833. The lowest BCUT2D eigenvalue weighted by Crippen LogP contribution is -2.60. The lowest BCUT2D eigenvalue weighted by Gasteiger charge is -2.44. The molecule has 6 nitrogen and oxygen atoms in total. The average molecular weight is 258 g/mol. The highest BCUT2D eigenvalue weighted by Crippen LogP contribution is 2.21. The van der Waals surface area contributed by atoms with Gasteiger partial charge in [0.1, 0.15) is 6.04 Å². The van der Waals surface area contributed by atoms with Crippen LogP contribution >= 0.6 is 0 Å². The number of urea groups is 1. The van der Waals surface area contributed by atoms with E-state index in [1.165, 1.54) is 11.9 Å². The molecule has 1 saturated heterocycles. The van der Waals surface area contributed by atoms with Crippen LogP contribution in [0.5, 0.6) is 0 Å². The van der Waals surface area contributed by atoms with Gasteiger partial charge >= 0.3 is 12.0 Å². The van der Waals surface area contributed by atoms with Crippen LogP contribution in [0.25, 0.3) is 0 Å². The molecule has 0 radical (unpaired) electrons. The molecule has 1 heterocycles. The van der Waals surface area contributed by atoms with Crippen molar-refractivity contribution in [2.75, 3.05) is 26.8 Å². The van der Waals surface area contributed by atoms with Gasteiger partial charge in [0.05, 0.1) is 18.8 Å². The van der Waals surface area contributed by atoms with E-state index in [1.54, 1.807) is 11.8 Å². The van der Waals surface area contributed by atoms with Gasteiger partial charge in [-0.25, -0.2) is 9.59 Å². The molecule has 0 bridgehead atoms. The van der Waals surface area contributed by atoms with Crippen molar-refractivity contribution < 1.29 is 19.4 Å². The second kappa shape index (κ2) is 5.56. The summed E-state index contributed by atoms with van der Waals surface area (Å²) in [6, 6.07) is -1.03. The molecule has 18 heavy (non-hydrogen) atoms. The Hall–Kier alpha value is -1.30. The largest absolute Gasteiger partial charge is 0.480 e. The monoisotopic (exact) mass is 258 g/mol. The topological polar surface area (TPSA) is 70.1 Å². The Kier molecular flexibility index (Phi) is 4.56. The number of nitrogens with zero attached hydrogens (tertiary/aromatic N) is 2. The van der Waals surface area contributed by atoms with E-state index in [2.05, 4.69) is 0 Å². The number of aliphatic carboxylic acids is 1. The molecule has 6 heteroatoms. The maximum Gasteiger partial charge on any atom is 0.326 e. The summed E-state index contributed by atoms with van der Waals surface area (Å²) in [5.41, 5.74) is -0.402. The summed E-state index contributed by atoms with van der Waals surface area (Å²) in [4.78, 5) is 26.4. The molecule has 1 fully saturated rings. The van der Waals surface area contributed by atoms with Gasteiger partial charge in [0.15, 0.2) is 0 Å². The summed E-state index contributed by atoms with van der Waals surface area (Å²) in [5, 5.41) is 9.08. The second-order valence-electron chi connectivity index (χ2n) is 5.17. The number of carbonyl (C=O) groups is 2. The van der Waals surface area contributed by atoms with E-state index in [4.69, 9.17) is 9.84 Å². The third-order valence-electron chi connectivity index (χ3n) is 3.32. The van der Waals surface area contributed by atoms with Gasteiger partial charge < -0.3 is 19.6 Å². The van der Waals surface area contributed by atoms with Crippen LogP contribution in [0.2, 0.25) is 0 Å². The van der Waals surface area contributed by atoms with Gasteiger partial charge in [0.2, 0.25) is 0 Å². The quantitative estimate of drug-likeness (QED) is 0.820. The SMILES string of the molecule is CCC(C(=O)O)N(C)C(=O)N1CCOCC1(C)C. The standard InChI is InChI=1S/C12H22N2O4/c1-5-9(10(15)16)13(4)11(17)14-6-7-18-8-12(14,2)3/h9H,5-8H2,1-4H3,(H,15,16). The number of morpholine rings is 1. The fourth-order valence-corrected chi connectivity index (χ4v) is 2.15. The summed E-state index contributed by atoms with van der Waals surface area (Å²) >= 11 is 0. The Bertz CT molecular complexity index is 330. The summed E-state index contributed by atoms with van der Waals surface area (Å²) in [6.45, 7) is 7.04. The van der Waals surface area contributed by atoms with Crippen molar-refractivity contribution in [2.24, 2.45) is 0 Å². The average Bonchev–Trinajstić information content (AvgIpc) is 2.27. The third kappa shape index (κ3) is 2.93. The molecular weight excluding hydrogens is 236 g/mol. The van der Waals surface area contributed by atoms with E-state index in [0.29, 0.717) is 26.2 Å². The maximum absolute atomic E-state index is 12.4. The molecule has 1 atom stereocenters. The van der Waals surface area contributed by atoms with Gasteiger partial charge in [0, 0.05) is 13.6 Å². The van der Waals surface area contributed by atoms with Gasteiger partial charge in [-0.05, 0) is 20.3 Å². The van der Waals surface area contributed by atoms with Crippen molar-refractivity contribution in [1.82, 2.24) is 9.80 Å². The van der Waals surface area contributed by atoms with Crippen molar-refractivity contribution in [3.8, 4) is 0 Å². The minimum Gasteiger partial charge on any atom is -0.480 e. The Balaban J connectivity index is 2.82. The van der Waals surface area contributed by atoms with E-state index >= 15 is 0 Å². The van der Waals surface area contributed by atoms with Gasteiger partial charge in [-0.15, -0.1) is 0 Å². The van der Waals surface area contributed by atoms with Crippen molar-refractivity contribution in [3.63, 3.8) is 0 Å². The van der Waals surface area contributed by atoms with Crippen LogP contribution in [0.15, 0.2) is 0 Å². The molecule has 0 aromatic heterocycles. The van der Waals surface area contributed by atoms with Crippen LogP contribution in [0.1, 0.15) is 27.2 Å². The van der Waals surface area contributed by atoms with Crippen LogP contribution in [0, 0.1) is 0 Å². The molecule has 104 valence electrons. The molecule has 1 rings (SSSR count). The highest BCUT2D eigenvalue weighted by Gasteiger charge is 2.38. The van der Waals surface area contributed by atoms with Crippen molar-refractivity contribution >= 4 is 12.0 Å². The lowest BCUT2D eigenvalue weighted by molar-refractivity contribution is -0.142. The van der Waals surface area contributed by atoms with E-state index in [1.807, 2.05) is 13.8 Å². The Morgan fingerprint density at radius 1 is 1.50 bits per heavy atom. The van der Waals surface area contributed by atoms with Crippen LogP contribution in [0.4, 0.5) is 4.79 Å². The predicted octanol–water partition coefficient (Wildman–Crippen LogP) is 1.01. The normalized spacial score (nSPS) is 20.3. The second-order valence-corrected chi connectivity index (χ2v) is 5.17. The highest BCUT2D eigenvalue weighted by atomic mass is 16.5. The van der Waals surface area contributed by atoms with E-state index in [9.17, 15) is 9.59 Å². The number of amides is 2. The third-order valence-corrected chi connectivity index (χ3v) is 3.32. The van der Waals surface area contributed by atoms with Crippen LogP contribution < -0.4 is 0 Å². The minimum absolute atomic E-state index is 0.252. The highest BCUT2D eigenvalue weighted by molar-refractivity contribution is 5.82. The Labute approximate surface area is 107 Å². The van der Waals surface area contributed by atoms with Crippen LogP contribution in [-0.4, -0.2) is 65.3 Å². The first-order valence-electron chi connectivity index (χ1n) is 6.16. The molecule has 0 saturated carbocycles. The Morgan fingerprint density at radius 3 is 2.56 bits per heavy atom. The van der Waals surface area contributed by atoms with Crippen LogP contribution in [-0.2, 0) is 9.53 Å². The molecule has 1 N–H and O–H groups in total. The van der Waals surface area contributed by atoms with Crippen LogP contribution in [0.3, 0.4) is 0 Å². The number of carboxylic acid groups (broad SMARTS) is 1. The van der Waals surface area contributed by atoms with Gasteiger partial charge in [0.25, 0.3) is 0 Å². The number of rotatable bonds is 3. The number of likely N-dealkylation sites (N-methyl/N-ethyl adjacent to an activating group) is 1. The maximum atomic E-state index is 12.4. The number of ether oxygens (including phenoxy) is 1. The van der Waals surface area contributed by atoms with E-state index in [-0.39, 0.29) is 6.03 Å². The number of carboxylic acids is 1. The zero-order valence-corrected chi connectivity index (χ0v) is 11.5. The number of carbonyl (C=O) groups excluding carboxylic acids is 1. The van der Waals surface area contributed by atoms with Gasteiger partial charge in [-0.2, -0.15) is 0 Å². The van der Waals surface area contributed by atoms with Crippen molar-refractivity contribution in [1.29, 1.82) is 0 Å². The molecule has 0 spiro atoms. The van der Waals surface area contributed by atoms with Crippen molar-refractivity contribution in [2.45, 2.75) is 38.8 Å². The zero-order chi connectivity index (χ0) is 13.9. The first-order valence-corrected chi connectivity index (χ1v) is 6.16. The molecule has 1 aliphatic rings. The molecule has 1 aliphatic heterocycles. The minimum atomic E-state index is -0.973. The fourth-order valence-electron chi connectivity index (χ4n) is 2.15. The predicted molar refractivity (Wildman–Crippen MR) is 66.5 cm³/mol. The van der Waals surface area contributed by atoms with Gasteiger partial charge in [-0.3, -0.25) is 0 Å². The summed E-state index contributed by atoms with van der Waals surface area (Å²) in [5.74, 6) is -0.973. The first kappa shape index (κ1) is 14.8. The van der Waals surface area contributed by atoms with E-state index < -0.39 is 17.6 Å². The first-order chi connectivity index (χ1) is 8.31. The Morgan fingerprint density at radius 2 is 2.11 bits per heavy atom. The number of hydrogen-bond acceptors (Lipinski definition) is 3. The van der Waals surface area contributed by atoms with Crippen molar-refractivity contribution in [3.05, 3.63) is 0 Å². The summed E-state index contributed by atoms with van der Waals surface area (Å²) in [6.07, 6.45) is 0.391. The molecule has 1 unspecified atom stereocenters. The molecule has 0 aliphatic carbocycles. The molecule has 0 aromatic rings. The van der Waals surface area contributed by atoms with E-state index in [0.717, 1.165) is 0 Å². The number of hydrogen-bond donors (Lipinski definition) is 1. The molecular formula is C12H22N2O4. The lowest BCUT2D eigenvalue weighted by atomic mass is 10.0. The summed E-state index contributed by atoms with van der Waals surface area (Å²) < 4.78 is 5.35. The van der Waals surface area contributed by atoms with Gasteiger partial charge in [-0.1, -0.05) is 6.92 Å². The zero-order valence-electron chi connectivity index (χ0n) is 11.5. The summed E-state index contributed by atoms with van der Waals surface area (Å²) in [7, 11) is 1.54. The smallest absolute Gasteiger partial charge is 0.326 e. The molecule has 2 amide bonds.